The minimum Gasteiger partial charge on any atom is -0.357 e. The highest BCUT2D eigenvalue weighted by Gasteiger charge is 2.28. The summed E-state index contributed by atoms with van der Waals surface area (Å²) in [5.41, 5.74) is 5.81. The quantitative estimate of drug-likeness (QED) is 0.779. The number of hydrogen-bond donors (Lipinski definition) is 3. The highest BCUT2D eigenvalue weighted by atomic mass is 32.1. The van der Waals surface area contributed by atoms with E-state index in [-0.39, 0.29) is 11.8 Å². The Morgan fingerprint density at radius 3 is 2.64 bits per heavy atom. The summed E-state index contributed by atoms with van der Waals surface area (Å²) in [5.74, 6) is -0.575. The molecule has 0 unspecified atom stereocenters. The molecule has 0 spiro atoms. The van der Waals surface area contributed by atoms with E-state index in [1.807, 2.05) is 29.6 Å². The molecular weight excluding hydrogens is 298 g/mol. The monoisotopic (exact) mass is 319 g/mol. The summed E-state index contributed by atoms with van der Waals surface area (Å²) in [6.45, 7) is 3.23. The van der Waals surface area contributed by atoms with Crippen LogP contribution < -0.4 is 16.4 Å². The van der Waals surface area contributed by atoms with Crippen LogP contribution in [0.2, 0.25) is 0 Å². The molecule has 0 aliphatic rings. The van der Waals surface area contributed by atoms with Crippen molar-refractivity contribution in [2.75, 3.05) is 7.05 Å². The lowest BCUT2D eigenvalue weighted by atomic mass is 10.0. The van der Waals surface area contributed by atoms with E-state index in [0.717, 1.165) is 10.9 Å². The minimum atomic E-state index is -1.02. The summed E-state index contributed by atoms with van der Waals surface area (Å²) in [6, 6.07) is 7.38. The smallest absolute Gasteiger partial charge is 0.242 e. The molecule has 2 aromatic rings. The number of rotatable bonds is 5. The predicted octanol–water partition coefficient (Wildman–Crippen LogP) is 1.41. The number of fused-ring (bicyclic) bond motifs is 1. The average molecular weight is 319 g/mol. The number of nitrogens with two attached hydrogens (primary N) is 1. The van der Waals surface area contributed by atoms with Crippen LogP contribution in [0.4, 0.5) is 0 Å². The van der Waals surface area contributed by atoms with Crippen molar-refractivity contribution in [2.45, 2.75) is 31.8 Å². The molecule has 118 valence electrons. The van der Waals surface area contributed by atoms with Gasteiger partial charge in [0, 0.05) is 18.2 Å². The van der Waals surface area contributed by atoms with Gasteiger partial charge in [0.2, 0.25) is 11.8 Å². The summed E-state index contributed by atoms with van der Waals surface area (Å²) < 4.78 is 1.17. The summed E-state index contributed by atoms with van der Waals surface area (Å²) in [7, 11) is 1.56. The highest BCUT2D eigenvalue weighted by Crippen LogP contribution is 2.26. The summed E-state index contributed by atoms with van der Waals surface area (Å²) in [5, 5.41) is 8.47. The first-order valence-electron chi connectivity index (χ1n) is 7.09. The molecule has 6 heteroatoms. The molecular formula is C16H21N3O2S. The van der Waals surface area contributed by atoms with E-state index in [9.17, 15) is 9.59 Å². The first-order valence-corrected chi connectivity index (χ1v) is 7.97. The number of likely N-dealkylation sites (N-methyl/N-ethyl adjacent to an activating group) is 1. The highest BCUT2D eigenvalue weighted by molar-refractivity contribution is 7.17. The van der Waals surface area contributed by atoms with Crippen LogP contribution in [0.5, 0.6) is 0 Å². The second-order valence-electron chi connectivity index (χ2n) is 5.82. The SMILES string of the molecule is CNC(=O)[C@@H](Cc1csc2ccccc12)NC(=O)C(C)(C)N. The van der Waals surface area contributed by atoms with Crippen molar-refractivity contribution >= 4 is 33.2 Å². The number of amides is 2. The summed E-state index contributed by atoms with van der Waals surface area (Å²) >= 11 is 1.63. The zero-order valence-electron chi connectivity index (χ0n) is 13.0. The molecule has 0 bridgehead atoms. The van der Waals surface area contributed by atoms with Gasteiger partial charge >= 0.3 is 0 Å². The number of carbonyl (C=O) groups is 2. The van der Waals surface area contributed by atoms with Gasteiger partial charge < -0.3 is 16.4 Å². The molecule has 22 heavy (non-hydrogen) atoms. The topological polar surface area (TPSA) is 84.2 Å². The first kappa shape index (κ1) is 16.5. The van der Waals surface area contributed by atoms with Gasteiger partial charge in [-0.25, -0.2) is 0 Å². The van der Waals surface area contributed by atoms with Crippen molar-refractivity contribution < 1.29 is 9.59 Å². The Kier molecular flexibility index (Phi) is 4.83. The Labute approximate surface area is 133 Å². The van der Waals surface area contributed by atoms with E-state index < -0.39 is 11.6 Å². The molecule has 0 aliphatic carbocycles. The standard InChI is InChI=1S/C16H21N3O2S/c1-16(2,17)15(21)19-12(14(20)18-3)8-10-9-22-13-7-5-4-6-11(10)13/h4-7,9,12H,8,17H2,1-3H3,(H,18,20)(H,19,21)/t12-/m1/s1. The maximum atomic E-state index is 12.1. The Balaban J connectivity index is 2.23. The van der Waals surface area contributed by atoms with Gasteiger partial charge in [0.1, 0.15) is 6.04 Å². The first-order chi connectivity index (χ1) is 10.3. The Morgan fingerprint density at radius 1 is 1.32 bits per heavy atom. The third-order valence-electron chi connectivity index (χ3n) is 3.44. The fraction of sp³-hybridized carbons (Fsp3) is 0.375. The molecule has 1 atom stereocenters. The Bertz CT molecular complexity index is 688. The Morgan fingerprint density at radius 2 is 2.00 bits per heavy atom. The normalized spacial score (nSPS) is 12.9. The molecule has 5 nitrogen and oxygen atoms in total. The second-order valence-corrected chi connectivity index (χ2v) is 6.73. The van der Waals surface area contributed by atoms with Crippen molar-refractivity contribution in [3.05, 3.63) is 35.2 Å². The van der Waals surface area contributed by atoms with E-state index in [1.54, 1.807) is 32.2 Å². The van der Waals surface area contributed by atoms with Gasteiger partial charge in [-0.1, -0.05) is 18.2 Å². The molecule has 1 heterocycles. The third kappa shape index (κ3) is 3.64. The van der Waals surface area contributed by atoms with Gasteiger partial charge in [-0.15, -0.1) is 11.3 Å². The van der Waals surface area contributed by atoms with Gasteiger partial charge in [-0.05, 0) is 36.2 Å². The van der Waals surface area contributed by atoms with Crippen molar-refractivity contribution in [1.29, 1.82) is 0 Å². The van der Waals surface area contributed by atoms with Gasteiger partial charge in [-0.3, -0.25) is 9.59 Å². The average Bonchev–Trinajstić information content (AvgIpc) is 2.88. The molecule has 1 aromatic carbocycles. The van der Waals surface area contributed by atoms with Gasteiger partial charge in [0.25, 0.3) is 0 Å². The molecule has 1 aromatic heterocycles. The maximum Gasteiger partial charge on any atom is 0.242 e. The van der Waals surface area contributed by atoms with Crippen LogP contribution in [0, 0.1) is 0 Å². The van der Waals surface area contributed by atoms with Crippen LogP contribution >= 0.6 is 11.3 Å². The van der Waals surface area contributed by atoms with Crippen LogP contribution in [0.3, 0.4) is 0 Å². The largest absolute Gasteiger partial charge is 0.357 e. The fourth-order valence-corrected chi connectivity index (χ4v) is 3.11. The van der Waals surface area contributed by atoms with Crippen LogP contribution in [0.25, 0.3) is 10.1 Å². The number of hydrogen-bond acceptors (Lipinski definition) is 4. The zero-order valence-corrected chi connectivity index (χ0v) is 13.8. The van der Waals surface area contributed by atoms with Gasteiger partial charge in [0.05, 0.1) is 5.54 Å². The minimum absolute atomic E-state index is 0.229. The van der Waals surface area contributed by atoms with Crippen molar-refractivity contribution in [2.24, 2.45) is 5.73 Å². The van der Waals surface area contributed by atoms with E-state index in [2.05, 4.69) is 10.6 Å². The molecule has 0 fully saturated rings. The van der Waals surface area contributed by atoms with E-state index in [1.165, 1.54) is 4.70 Å². The van der Waals surface area contributed by atoms with E-state index in [4.69, 9.17) is 5.73 Å². The lowest BCUT2D eigenvalue weighted by molar-refractivity contribution is -0.131. The summed E-state index contributed by atoms with van der Waals surface area (Å²) in [6.07, 6.45) is 0.436. The second kappa shape index (κ2) is 6.46. The van der Waals surface area contributed by atoms with Crippen LogP contribution in [0.15, 0.2) is 29.6 Å². The van der Waals surface area contributed by atoms with E-state index >= 15 is 0 Å². The lowest BCUT2D eigenvalue weighted by Gasteiger charge is -2.23. The predicted molar refractivity (Wildman–Crippen MR) is 89.8 cm³/mol. The van der Waals surface area contributed by atoms with Crippen molar-refractivity contribution in [1.82, 2.24) is 10.6 Å². The Hall–Kier alpha value is -1.92. The molecule has 2 rings (SSSR count). The van der Waals surface area contributed by atoms with Gasteiger partial charge in [-0.2, -0.15) is 0 Å². The van der Waals surface area contributed by atoms with Crippen LogP contribution in [-0.2, 0) is 16.0 Å². The number of thiophene rings is 1. The molecule has 0 saturated heterocycles. The van der Waals surface area contributed by atoms with Crippen molar-refractivity contribution in [3.63, 3.8) is 0 Å². The number of carbonyl (C=O) groups excluding carboxylic acids is 2. The van der Waals surface area contributed by atoms with Crippen LogP contribution in [-0.4, -0.2) is 30.4 Å². The molecule has 0 saturated carbocycles. The molecule has 2 amide bonds. The van der Waals surface area contributed by atoms with Crippen LogP contribution in [0.1, 0.15) is 19.4 Å². The van der Waals surface area contributed by atoms with Gasteiger partial charge in [0.15, 0.2) is 0 Å². The number of benzene rings is 1. The summed E-state index contributed by atoms with van der Waals surface area (Å²) in [4.78, 5) is 24.1. The van der Waals surface area contributed by atoms with Crippen molar-refractivity contribution in [3.8, 4) is 0 Å². The molecule has 4 N–H and O–H groups in total. The molecule has 0 aliphatic heterocycles. The van der Waals surface area contributed by atoms with E-state index in [0.29, 0.717) is 6.42 Å². The lowest BCUT2D eigenvalue weighted by Crippen LogP contribution is -2.56. The number of nitrogens with one attached hydrogen (secondary N) is 2. The maximum absolute atomic E-state index is 12.1. The molecule has 0 radical (unpaired) electrons. The fourth-order valence-electron chi connectivity index (χ4n) is 2.14. The third-order valence-corrected chi connectivity index (χ3v) is 4.45. The zero-order chi connectivity index (χ0) is 16.3.